The number of amides is 1. The van der Waals surface area contributed by atoms with Gasteiger partial charge in [-0.15, -0.1) is 0 Å². The first-order valence-corrected chi connectivity index (χ1v) is 11.8. The third-order valence-electron chi connectivity index (χ3n) is 5.27. The number of aryl methyl sites for hydroxylation is 2. The van der Waals surface area contributed by atoms with Crippen molar-refractivity contribution in [2.24, 2.45) is 0 Å². The summed E-state index contributed by atoms with van der Waals surface area (Å²) in [5.74, 6) is 0.236. The van der Waals surface area contributed by atoms with Crippen molar-refractivity contribution in [3.63, 3.8) is 0 Å². The highest BCUT2D eigenvalue weighted by molar-refractivity contribution is 7.99. The minimum Gasteiger partial charge on any atom is -0.339 e. The molecule has 150 valence electrons. The Morgan fingerprint density at radius 1 is 1.11 bits per heavy atom. The van der Waals surface area contributed by atoms with Gasteiger partial charge in [0.25, 0.3) is 0 Å². The van der Waals surface area contributed by atoms with Crippen molar-refractivity contribution >= 4 is 27.7 Å². The quantitative estimate of drug-likeness (QED) is 0.731. The number of hydrogen-bond acceptors (Lipinski definition) is 6. The lowest BCUT2D eigenvalue weighted by Gasteiger charge is -2.34. The molecule has 10 heteroatoms. The standard InChI is InChI=1S/C18H23N5O3S2/c24-17(12-27-18-19-13-20-21-18)22-7-9-23(10-8-22)28(25,26)16-6-5-14-3-1-2-4-15(14)11-16/h5-6,11,13H,1-4,7-10,12H2,(H,19,20,21). The molecule has 0 radical (unpaired) electrons. The van der Waals surface area contributed by atoms with Crippen molar-refractivity contribution in [2.75, 3.05) is 31.9 Å². The van der Waals surface area contributed by atoms with Crippen LogP contribution in [0.25, 0.3) is 0 Å². The normalized spacial score (nSPS) is 18.1. The number of piperazine rings is 1. The van der Waals surface area contributed by atoms with Crippen LogP contribution < -0.4 is 0 Å². The summed E-state index contributed by atoms with van der Waals surface area (Å²) in [6.45, 7) is 1.44. The predicted molar refractivity (Wildman–Crippen MR) is 106 cm³/mol. The monoisotopic (exact) mass is 421 g/mol. The number of nitrogens with zero attached hydrogens (tertiary/aromatic N) is 4. The fourth-order valence-corrected chi connectivity index (χ4v) is 5.84. The molecule has 1 aliphatic carbocycles. The zero-order valence-electron chi connectivity index (χ0n) is 15.5. The van der Waals surface area contributed by atoms with E-state index in [4.69, 9.17) is 0 Å². The molecule has 1 saturated heterocycles. The second-order valence-corrected chi connectivity index (χ2v) is 9.90. The van der Waals surface area contributed by atoms with Crippen LogP contribution in [0.15, 0.2) is 34.6 Å². The largest absolute Gasteiger partial charge is 0.339 e. The molecule has 1 aromatic heterocycles. The molecule has 1 amide bonds. The Bertz CT molecular complexity index is 938. The van der Waals surface area contributed by atoms with Gasteiger partial charge in [-0.25, -0.2) is 13.4 Å². The maximum Gasteiger partial charge on any atom is 0.243 e. The molecule has 2 aliphatic rings. The van der Waals surface area contributed by atoms with Gasteiger partial charge in [-0.1, -0.05) is 17.8 Å². The Hall–Kier alpha value is -1.91. The van der Waals surface area contributed by atoms with Crippen LogP contribution in [0.1, 0.15) is 24.0 Å². The summed E-state index contributed by atoms with van der Waals surface area (Å²) in [4.78, 5) is 18.4. The molecular weight excluding hydrogens is 398 g/mol. The smallest absolute Gasteiger partial charge is 0.243 e. The van der Waals surface area contributed by atoms with E-state index in [2.05, 4.69) is 15.2 Å². The van der Waals surface area contributed by atoms with E-state index in [0.717, 1.165) is 24.8 Å². The first-order valence-electron chi connectivity index (χ1n) is 9.42. The molecule has 1 N–H and O–H groups in total. The summed E-state index contributed by atoms with van der Waals surface area (Å²) in [5.41, 5.74) is 2.43. The van der Waals surface area contributed by atoms with E-state index in [1.165, 1.54) is 34.4 Å². The second kappa shape index (κ2) is 8.22. The number of hydrogen-bond donors (Lipinski definition) is 1. The highest BCUT2D eigenvalue weighted by Gasteiger charge is 2.30. The molecule has 28 heavy (non-hydrogen) atoms. The molecular formula is C18H23N5O3S2. The Kier molecular flexibility index (Phi) is 5.70. The van der Waals surface area contributed by atoms with Crippen LogP contribution in [0.3, 0.4) is 0 Å². The first-order chi connectivity index (χ1) is 13.5. The summed E-state index contributed by atoms with van der Waals surface area (Å²) in [6, 6.07) is 5.53. The number of thioether (sulfide) groups is 1. The molecule has 8 nitrogen and oxygen atoms in total. The zero-order valence-corrected chi connectivity index (χ0v) is 17.1. The average molecular weight is 422 g/mol. The van der Waals surface area contributed by atoms with E-state index >= 15 is 0 Å². The number of aromatic nitrogens is 3. The van der Waals surface area contributed by atoms with Crippen molar-refractivity contribution in [3.8, 4) is 0 Å². The van der Waals surface area contributed by atoms with Gasteiger partial charge in [-0.05, 0) is 48.9 Å². The Labute approximate surface area is 168 Å². The van der Waals surface area contributed by atoms with Gasteiger partial charge in [0.05, 0.1) is 10.6 Å². The van der Waals surface area contributed by atoms with E-state index in [1.807, 2.05) is 12.1 Å². The average Bonchev–Trinajstić information content (AvgIpc) is 3.25. The van der Waals surface area contributed by atoms with Crippen LogP contribution in [-0.2, 0) is 27.7 Å². The van der Waals surface area contributed by atoms with Crippen molar-refractivity contribution in [1.82, 2.24) is 24.4 Å². The van der Waals surface area contributed by atoms with Gasteiger partial charge in [0.15, 0.2) is 5.16 Å². The lowest BCUT2D eigenvalue weighted by molar-refractivity contribution is -0.129. The number of benzene rings is 1. The summed E-state index contributed by atoms with van der Waals surface area (Å²) < 4.78 is 27.6. The van der Waals surface area contributed by atoms with Gasteiger partial charge < -0.3 is 4.90 Å². The highest BCUT2D eigenvalue weighted by atomic mass is 32.2. The summed E-state index contributed by atoms with van der Waals surface area (Å²) in [5, 5.41) is 7.05. The topological polar surface area (TPSA) is 99.3 Å². The van der Waals surface area contributed by atoms with E-state index in [9.17, 15) is 13.2 Å². The van der Waals surface area contributed by atoms with Gasteiger partial charge in [0.1, 0.15) is 6.33 Å². The Morgan fingerprint density at radius 3 is 2.57 bits per heavy atom. The second-order valence-electron chi connectivity index (χ2n) is 7.00. The molecule has 1 aliphatic heterocycles. The molecule has 0 spiro atoms. The van der Waals surface area contributed by atoms with Crippen LogP contribution in [0.2, 0.25) is 0 Å². The maximum absolute atomic E-state index is 13.0. The van der Waals surface area contributed by atoms with Gasteiger partial charge in [0.2, 0.25) is 15.9 Å². The molecule has 1 aromatic carbocycles. The maximum atomic E-state index is 13.0. The SMILES string of the molecule is O=C(CSc1ncn[nH]1)N1CCN(S(=O)(=O)c2ccc3c(c2)CCCC3)CC1. The predicted octanol–water partition coefficient (Wildman–Crippen LogP) is 1.31. The minimum atomic E-state index is -3.53. The number of H-pyrrole nitrogens is 1. The van der Waals surface area contributed by atoms with Crippen molar-refractivity contribution in [2.45, 2.75) is 35.7 Å². The molecule has 0 saturated carbocycles. The summed E-state index contributed by atoms with van der Waals surface area (Å²) in [6.07, 6.45) is 5.66. The number of carbonyl (C=O) groups is 1. The van der Waals surface area contributed by atoms with E-state index in [-0.39, 0.29) is 11.7 Å². The van der Waals surface area contributed by atoms with Gasteiger partial charge in [-0.2, -0.15) is 9.40 Å². The van der Waals surface area contributed by atoms with Crippen LogP contribution in [0.5, 0.6) is 0 Å². The third kappa shape index (κ3) is 4.08. The molecule has 2 heterocycles. The van der Waals surface area contributed by atoms with Crippen LogP contribution in [-0.4, -0.2) is 70.6 Å². The van der Waals surface area contributed by atoms with Crippen molar-refractivity contribution < 1.29 is 13.2 Å². The number of rotatable bonds is 5. The van der Waals surface area contributed by atoms with Crippen molar-refractivity contribution in [1.29, 1.82) is 0 Å². The van der Waals surface area contributed by atoms with Crippen molar-refractivity contribution in [3.05, 3.63) is 35.7 Å². The Balaban J connectivity index is 1.36. The number of nitrogens with one attached hydrogen (secondary N) is 1. The number of fused-ring (bicyclic) bond motifs is 1. The molecule has 4 rings (SSSR count). The third-order valence-corrected chi connectivity index (χ3v) is 8.03. The molecule has 1 fully saturated rings. The number of sulfonamides is 1. The number of carbonyl (C=O) groups excluding carboxylic acids is 1. The van der Waals surface area contributed by atoms with E-state index < -0.39 is 10.0 Å². The minimum absolute atomic E-state index is 0.0211. The fourth-order valence-electron chi connectivity index (χ4n) is 3.68. The molecule has 0 unspecified atom stereocenters. The lowest BCUT2D eigenvalue weighted by atomic mass is 9.92. The lowest BCUT2D eigenvalue weighted by Crippen LogP contribution is -2.51. The van der Waals surface area contributed by atoms with Gasteiger partial charge in [0, 0.05) is 26.2 Å². The summed E-state index contributed by atoms with van der Waals surface area (Å²) >= 11 is 1.29. The molecule has 0 atom stereocenters. The highest BCUT2D eigenvalue weighted by Crippen LogP contribution is 2.26. The van der Waals surface area contributed by atoms with Crippen LogP contribution >= 0.6 is 11.8 Å². The van der Waals surface area contributed by atoms with Gasteiger partial charge in [-0.3, -0.25) is 9.89 Å². The van der Waals surface area contributed by atoms with Gasteiger partial charge >= 0.3 is 0 Å². The fraction of sp³-hybridized carbons (Fsp3) is 0.500. The van der Waals surface area contributed by atoms with E-state index in [1.54, 1.807) is 11.0 Å². The molecule has 2 aromatic rings. The van der Waals surface area contributed by atoms with Crippen LogP contribution in [0.4, 0.5) is 0 Å². The van der Waals surface area contributed by atoms with Crippen LogP contribution in [0, 0.1) is 0 Å². The number of aromatic amines is 1. The zero-order chi connectivity index (χ0) is 19.6. The first kappa shape index (κ1) is 19.4. The Morgan fingerprint density at radius 2 is 1.86 bits per heavy atom. The molecule has 0 bridgehead atoms. The summed E-state index contributed by atoms with van der Waals surface area (Å²) in [7, 11) is -3.53. The van der Waals surface area contributed by atoms with E-state index in [0.29, 0.717) is 36.2 Å².